The molecule has 1 aromatic rings. The van der Waals surface area contributed by atoms with Crippen molar-refractivity contribution in [2.24, 2.45) is 0 Å². The van der Waals surface area contributed by atoms with Gasteiger partial charge in [0.25, 0.3) is 0 Å². The Labute approximate surface area is 153 Å². The summed E-state index contributed by atoms with van der Waals surface area (Å²) in [6.45, 7) is 0. The Morgan fingerprint density at radius 2 is 0.722 bits per heavy atom. The van der Waals surface area contributed by atoms with Crippen LogP contribution in [-0.4, -0.2) is 0 Å². The summed E-state index contributed by atoms with van der Waals surface area (Å²) in [4.78, 5) is 0. The summed E-state index contributed by atoms with van der Waals surface area (Å²) in [7, 11) is 0. The van der Waals surface area contributed by atoms with Crippen molar-refractivity contribution < 1.29 is 0 Å². The third-order valence-corrected chi connectivity index (χ3v) is 4.67. The van der Waals surface area contributed by atoms with Crippen LogP contribution in [0.3, 0.4) is 0 Å². The molecule has 0 amide bonds. The first kappa shape index (κ1) is 18.2. The molecule has 0 N–H and O–H groups in total. The zero-order valence-corrected chi connectivity index (χ0v) is 15.3. The smallest absolute Gasteiger partial charge is 0.0833 e. The predicted molar refractivity (Wildman–Crippen MR) is 85.0 cm³/mol. The highest BCUT2D eigenvalue weighted by Gasteiger charge is 2.39. The zero-order chi connectivity index (χ0) is 14.5. The molecule has 0 spiro atoms. The fourth-order valence-corrected chi connectivity index (χ4v) is 4.31. The lowest BCUT2D eigenvalue weighted by atomic mass is 10.1. The first-order valence-corrected chi connectivity index (χ1v) is 7.67. The van der Waals surface area contributed by atoms with Gasteiger partial charge in [-0.3, -0.25) is 0 Å². The molecule has 18 heavy (non-hydrogen) atoms. The summed E-state index contributed by atoms with van der Waals surface area (Å²) >= 11 is 58.3. The molecule has 0 aliphatic heterocycles. The Morgan fingerprint density at radius 1 is 0.444 bits per heavy atom. The Hall–Kier alpha value is 2.12. The van der Waals surface area contributed by atoms with E-state index in [1.165, 1.54) is 0 Å². The fourth-order valence-electron chi connectivity index (χ4n) is 1.13. The molecule has 10 heteroatoms. The maximum Gasteiger partial charge on any atom is 0.218 e. The second-order valence-corrected chi connectivity index (χ2v) is 9.08. The SMILES string of the molecule is Clc1c(Cl)c(C(Cl)(Cl)Cl)c(Cl)c(C(Cl)(Cl)Cl)c1Cl. The van der Waals surface area contributed by atoms with E-state index in [1.54, 1.807) is 0 Å². The number of alkyl halides is 6. The first-order valence-electron chi connectivity index (χ1n) is 3.89. The minimum Gasteiger partial charge on any atom is -0.0833 e. The Balaban J connectivity index is 3.83. The molecule has 0 aliphatic rings. The summed E-state index contributed by atoms with van der Waals surface area (Å²) in [6, 6.07) is 0. The maximum atomic E-state index is 6.03. The lowest BCUT2D eigenvalue weighted by Crippen LogP contribution is -2.10. The molecule has 0 aromatic heterocycles. The summed E-state index contributed by atoms with van der Waals surface area (Å²) in [6.07, 6.45) is 0. The molecular weight excluding hydrogens is 451 g/mol. The van der Waals surface area contributed by atoms with Crippen molar-refractivity contribution in [2.75, 3.05) is 0 Å². The Bertz CT molecular complexity index is 439. The van der Waals surface area contributed by atoms with Gasteiger partial charge in [-0.2, -0.15) is 0 Å². The van der Waals surface area contributed by atoms with E-state index in [4.69, 9.17) is 116 Å². The van der Waals surface area contributed by atoms with Crippen LogP contribution in [0.4, 0.5) is 0 Å². The lowest BCUT2D eigenvalue weighted by molar-refractivity contribution is 1.17. The van der Waals surface area contributed by atoms with Crippen LogP contribution in [0.5, 0.6) is 0 Å². The molecule has 0 unspecified atom stereocenters. The number of rotatable bonds is 0. The third kappa shape index (κ3) is 3.65. The van der Waals surface area contributed by atoms with Gasteiger partial charge in [0.1, 0.15) is 0 Å². The van der Waals surface area contributed by atoms with Gasteiger partial charge < -0.3 is 0 Å². The van der Waals surface area contributed by atoms with E-state index >= 15 is 0 Å². The first-order chi connectivity index (χ1) is 7.89. The quantitative estimate of drug-likeness (QED) is 0.214. The van der Waals surface area contributed by atoms with Crippen LogP contribution in [0.1, 0.15) is 11.1 Å². The number of halogens is 10. The second-order valence-electron chi connectivity index (χ2n) is 3.00. The Morgan fingerprint density at radius 3 is 0.944 bits per heavy atom. The molecule has 0 radical (unpaired) electrons. The van der Waals surface area contributed by atoms with Gasteiger partial charge in [-0.05, 0) is 0 Å². The maximum absolute atomic E-state index is 6.03. The van der Waals surface area contributed by atoms with E-state index in [0.29, 0.717) is 0 Å². The molecule has 1 aromatic carbocycles. The minimum absolute atomic E-state index is 0.105. The normalized spacial score (nSPS) is 13.0. The number of benzene rings is 1. The number of hydrogen-bond donors (Lipinski definition) is 0. The van der Waals surface area contributed by atoms with Crippen molar-refractivity contribution in [3.05, 3.63) is 31.2 Å². The molecule has 0 saturated heterocycles. The molecule has 0 fully saturated rings. The van der Waals surface area contributed by atoms with Crippen molar-refractivity contribution in [3.63, 3.8) is 0 Å². The van der Waals surface area contributed by atoms with E-state index in [0.717, 1.165) is 0 Å². The topological polar surface area (TPSA) is 0 Å². The van der Waals surface area contributed by atoms with Crippen LogP contribution < -0.4 is 0 Å². The van der Waals surface area contributed by atoms with Crippen LogP contribution >= 0.6 is 116 Å². The summed E-state index contributed by atoms with van der Waals surface area (Å²) in [5, 5.41) is -0.533. The molecule has 0 nitrogen and oxygen atoms in total. The minimum atomic E-state index is -1.95. The van der Waals surface area contributed by atoms with Crippen molar-refractivity contribution in [1.29, 1.82) is 0 Å². The highest BCUT2D eigenvalue weighted by molar-refractivity contribution is 6.70. The highest BCUT2D eigenvalue weighted by Crippen LogP contribution is 2.56. The van der Waals surface area contributed by atoms with Gasteiger partial charge in [-0.15, -0.1) is 0 Å². The lowest BCUT2D eigenvalue weighted by Gasteiger charge is -2.23. The van der Waals surface area contributed by atoms with E-state index in [9.17, 15) is 0 Å². The van der Waals surface area contributed by atoms with Gasteiger partial charge in [0.2, 0.25) is 7.59 Å². The van der Waals surface area contributed by atoms with Crippen LogP contribution in [0, 0.1) is 0 Å². The van der Waals surface area contributed by atoms with Gasteiger partial charge in [0.05, 0.1) is 20.1 Å². The molecule has 0 heterocycles. The van der Waals surface area contributed by atoms with Gasteiger partial charge in [0, 0.05) is 11.1 Å². The third-order valence-electron chi connectivity index (χ3n) is 1.83. The summed E-state index contributed by atoms with van der Waals surface area (Å²) in [5.41, 5.74) is -0.210. The zero-order valence-electron chi connectivity index (χ0n) is 7.78. The van der Waals surface area contributed by atoms with E-state index < -0.39 is 7.59 Å². The monoisotopic (exact) mass is 446 g/mol. The molecular formula is C8Cl10. The molecule has 0 saturated carbocycles. The molecule has 0 atom stereocenters. The van der Waals surface area contributed by atoms with Crippen LogP contribution in [-0.2, 0) is 7.59 Å². The fraction of sp³-hybridized carbons (Fsp3) is 0.250. The van der Waals surface area contributed by atoms with E-state index in [-0.39, 0.29) is 31.2 Å². The van der Waals surface area contributed by atoms with E-state index in [2.05, 4.69) is 0 Å². The van der Waals surface area contributed by atoms with E-state index in [1.807, 2.05) is 0 Å². The largest absolute Gasteiger partial charge is 0.218 e. The standard InChI is InChI=1S/C8Cl10/c9-3-1(7(13,14)15)4(10)6(12)5(11)2(3)8(16,17)18. The molecule has 0 aliphatic carbocycles. The van der Waals surface area contributed by atoms with Crippen LogP contribution in [0.15, 0.2) is 0 Å². The highest BCUT2D eigenvalue weighted by atomic mass is 35.6. The summed E-state index contributed by atoms with van der Waals surface area (Å²) in [5.74, 6) is 0. The predicted octanol–water partition coefficient (Wildman–Crippen LogP) is 7.95. The van der Waals surface area contributed by atoms with Crippen molar-refractivity contribution in [1.82, 2.24) is 0 Å². The number of hydrogen-bond acceptors (Lipinski definition) is 0. The van der Waals surface area contributed by atoms with Crippen molar-refractivity contribution >= 4 is 116 Å². The average molecular weight is 451 g/mol. The van der Waals surface area contributed by atoms with Crippen LogP contribution in [0.25, 0.3) is 0 Å². The molecule has 102 valence electrons. The molecule has 1 rings (SSSR count). The van der Waals surface area contributed by atoms with Crippen molar-refractivity contribution in [2.45, 2.75) is 7.59 Å². The van der Waals surface area contributed by atoms with Crippen LogP contribution in [0.2, 0.25) is 20.1 Å². The van der Waals surface area contributed by atoms with Gasteiger partial charge >= 0.3 is 0 Å². The molecule has 0 bridgehead atoms. The van der Waals surface area contributed by atoms with Gasteiger partial charge in [-0.25, -0.2) is 0 Å². The Kier molecular flexibility index (Phi) is 6.14. The average Bonchev–Trinajstić information content (AvgIpc) is 2.09. The van der Waals surface area contributed by atoms with Gasteiger partial charge in [0.15, 0.2) is 0 Å². The second kappa shape index (κ2) is 6.08. The van der Waals surface area contributed by atoms with Gasteiger partial charge in [-0.1, -0.05) is 116 Å². The van der Waals surface area contributed by atoms with Crippen molar-refractivity contribution in [3.8, 4) is 0 Å². The summed E-state index contributed by atoms with van der Waals surface area (Å²) < 4.78 is -3.90.